The van der Waals surface area contributed by atoms with Crippen molar-refractivity contribution in [3.05, 3.63) is 42.0 Å². The Balaban J connectivity index is 2.97. The lowest BCUT2D eigenvalue weighted by Gasteiger charge is -2.31. The molecule has 0 aromatic heterocycles. The molecule has 0 N–H and O–H groups in total. The van der Waals surface area contributed by atoms with Gasteiger partial charge in [0, 0.05) is 0 Å². The number of hydrogen-bond donors (Lipinski definition) is 0. The molecule has 3 heteroatoms. The monoisotopic (exact) mass is 287 g/mol. The van der Waals surface area contributed by atoms with Crippen molar-refractivity contribution in [1.82, 2.24) is 0 Å². The van der Waals surface area contributed by atoms with Crippen LogP contribution < -0.4 is 0 Å². The maximum Gasteiger partial charge on any atom is 0.186 e. The molecular formula is C17H25NOSi. The lowest BCUT2D eigenvalue weighted by Crippen LogP contribution is -2.40. The van der Waals surface area contributed by atoms with Crippen molar-refractivity contribution in [2.24, 2.45) is 0 Å². The van der Waals surface area contributed by atoms with E-state index in [1.165, 1.54) is 0 Å². The van der Waals surface area contributed by atoms with E-state index in [1.54, 1.807) is 0 Å². The molecule has 0 spiro atoms. The van der Waals surface area contributed by atoms with Gasteiger partial charge in [-0.15, -0.1) is 0 Å². The van der Waals surface area contributed by atoms with Crippen LogP contribution in [-0.2, 0) is 4.43 Å². The molecule has 0 fully saturated rings. The summed E-state index contributed by atoms with van der Waals surface area (Å²) in [7, 11) is -1.78. The average molecular weight is 287 g/mol. The van der Waals surface area contributed by atoms with Crippen LogP contribution in [0.4, 0.5) is 0 Å². The van der Waals surface area contributed by atoms with E-state index < -0.39 is 13.9 Å². The van der Waals surface area contributed by atoms with Gasteiger partial charge < -0.3 is 4.43 Å². The molecule has 1 atom stereocenters. The number of unbranched alkanes of at least 4 members (excludes halogenated alkanes) is 1. The second-order valence-electron chi connectivity index (χ2n) is 6.06. The van der Waals surface area contributed by atoms with Gasteiger partial charge in [0.1, 0.15) is 6.07 Å². The molecule has 0 saturated carbocycles. The summed E-state index contributed by atoms with van der Waals surface area (Å²) in [5.74, 6) is 0. The fraction of sp³-hybridized carbons (Fsp3) is 0.471. The first-order valence-electron chi connectivity index (χ1n) is 7.26. The maximum absolute atomic E-state index is 9.64. The Morgan fingerprint density at radius 3 is 2.40 bits per heavy atom. The second-order valence-corrected chi connectivity index (χ2v) is 10.5. The molecule has 2 nitrogen and oxygen atoms in total. The highest BCUT2D eigenvalue weighted by Gasteiger charge is 2.33. The minimum absolute atomic E-state index is 0.758. The Morgan fingerprint density at radius 2 is 1.90 bits per heavy atom. The van der Waals surface area contributed by atoms with E-state index in [0.717, 1.165) is 24.8 Å². The van der Waals surface area contributed by atoms with Crippen LogP contribution in [0.15, 0.2) is 36.4 Å². The van der Waals surface area contributed by atoms with Gasteiger partial charge in [-0.3, -0.25) is 0 Å². The van der Waals surface area contributed by atoms with Crippen LogP contribution in [0, 0.1) is 11.3 Å². The Hall–Kier alpha value is -1.37. The zero-order chi connectivity index (χ0) is 15.1. The van der Waals surface area contributed by atoms with E-state index >= 15 is 0 Å². The van der Waals surface area contributed by atoms with Crippen molar-refractivity contribution in [1.29, 1.82) is 5.26 Å². The molecule has 0 bridgehead atoms. The van der Waals surface area contributed by atoms with Gasteiger partial charge in [-0.05, 0) is 44.1 Å². The predicted molar refractivity (Wildman–Crippen MR) is 87.8 cm³/mol. The van der Waals surface area contributed by atoms with E-state index in [-0.39, 0.29) is 0 Å². The number of hydrogen-bond acceptors (Lipinski definition) is 2. The quantitative estimate of drug-likeness (QED) is 0.661. The molecule has 1 aromatic rings. The zero-order valence-corrected chi connectivity index (χ0v) is 14.0. The van der Waals surface area contributed by atoms with Crippen molar-refractivity contribution in [2.75, 3.05) is 0 Å². The summed E-state index contributed by atoms with van der Waals surface area (Å²) in [5, 5.41) is 9.64. The molecule has 0 unspecified atom stereocenters. The molecule has 0 aliphatic carbocycles. The fourth-order valence-corrected chi connectivity index (χ4v) is 3.37. The molecule has 0 amide bonds. The topological polar surface area (TPSA) is 33.0 Å². The summed E-state index contributed by atoms with van der Waals surface area (Å²) < 4.78 is 6.19. The van der Waals surface area contributed by atoms with Crippen LogP contribution in [0.25, 0.3) is 6.08 Å². The lowest BCUT2D eigenvalue weighted by atomic mass is 9.97. The van der Waals surface area contributed by atoms with E-state index in [0.29, 0.717) is 0 Å². The highest BCUT2D eigenvalue weighted by atomic mass is 28.4. The molecule has 108 valence electrons. The van der Waals surface area contributed by atoms with Crippen LogP contribution in [0.2, 0.25) is 19.6 Å². The third-order valence-electron chi connectivity index (χ3n) is 2.92. The summed E-state index contributed by atoms with van der Waals surface area (Å²) >= 11 is 0. The smallest absolute Gasteiger partial charge is 0.186 e. The molecule has 1 rings (SSSR count). The first-order chi connectivity index (χ1) is 9.41. The van der Waals surface area contributed by atoms with Crippen molar-refractivity contribution >= 4 is 14.4 Å². The molecular weight excluding hydrogens is 262 g/mol. The van der Waals surface area contributed by atoms with Crippen LogP contribution in [0.3, 0.4) is 0 Å². The highest BCUT2D eigenvalue weighted by molar-refractivity contribution is 6.69. The summed E-state index contributed by atoms with van der Waals surface area (Å²) in [6.07, 6.45) is 6.76. The van der Waals surface area contributed by atoms with Crippen LogP contribution in [0.1, 0.15) is 31.7 Å². The van der Waals surface area contributed by atoms with Crippen LogP contribution in [0.5, 0.6) is 0 Å². The SMILES string of the molecule is CCCC[C@](C#N)(/C=C/c1ccccc1)O[Si](C)(C)C. The average Bonchev–Trinajstić information content (AvgIpc) is 2.42. The Kier molecular flexibility index (Phi) is 6.19. The third-order valence-corrected chi connectivity index (χ3v) is 3.90. The number of nitrogens with zero attached hydrogens (tertiary/aromatic N) is 1. The highest BCUT2D eigenvalue weighted by Crippen LogP contribution is 2.26. The minimum Gasteiger partial charge on any atom is -0.397 e. The molecule has 0 aliphatic rings. The van der Waals surface area contributed by atoms with Gasteiger partial charge in [-0.25, -0.2) is 0 Å². The number of benzene rings is 1. The minimum atomic E-state index is -1.78. The Morgan fingerprint density at radius 1 is 1.25 bits per heavy atom. The van der Waals surface area contributed by atoms with Crippen molar-refractivity contribution in [2.45, 2.75) is 51.4 Å². The molecule has 1 aromatic carbocycles. The molecule has 0 saturated heterocycles. The first kappa shape index (κ1) is 16.7. The van der Waals surface area contributed by atoms with E-state index in [1.807, 2.05) is 42.5 Å². The van der Waals surface area contributed by atoms with Gasteiger partial charge in [-0.1, -0.05) is 49.8 Å². The molecule has 0 radical (unpaired) electrons. The van der Waals surface area contributed by atoms with Crippen LogP contribution in [-0.4, -0.2) is 13.9 Å². The lowest BCUT2D eigenvalue weighted by molar-refractivity contribution is 0.158. The van der Waals surface area contributed by atoms with Gasteiger partial charge in [0.25, 0.3) is 0 Å². The standard InChI is InChI=1S/C17H25NOSi/c1-5-6-13-17(15-18,19-20(2,3)4)14-12-16-10-8-7-9-11-16/h7-12,14H,5-6,13H2,1-4H3/b14-12+/t17-/m1/s1. The summed E-state index contributed by atoms with van der Waals surface area (Å²) in [5.41, 5.74) is 0.318. The van der Waals surface area contributed by atoms with E-state index in [9.17, 15) is 5.26 Å². The normalized spacial score (nSPS) is 14.9. The van der Waals surface area contributed by atoms with Crippen molar-refractivity contribution in [3.63, 3.8) is 0 Å². The molecule has 20 heavy (non-hydrogen) atoms. The third kappa shape index (κ3) is 5.73. The largest absolute Gasteiger partial charge is 0.397 e. The van der Waals surface area contributed by atoms with Gasteiger partial charge in [0.15, 0.2) is 13.9 Å². The number of rotatable bonds is 7. The molecule has 0 aliphatic heterocycles. The Bertz CT molecular complexity index is 470. The summed E-state index contributed by atoms with van der Waals surface area (Å²) in [4.78, 5) is 0. The summed E-state index contributed by atoms with van der Waals surface area (Å²) in [6, 6.07) is 12.5. The van der Waals surface area contributed by atoms with Crippen LogP contribution >= 0.6 is 0 Å². The molecule has 0 heterocycles. The van der Waals surface area contributed by atoms with Gasteiger partial charge >= 0.3 is 0 Å². The predicted octanol–water partition coefficient (Wildman–Crippen LogP) is 5.00. The fourth-order valence-electron chi connectivity index (χ4n) is 2.07. The summed E-state index contributed by atoms with van der Waals surface area (Å²) in [6.45, 7) is 8.52. The van der Waals surface area contributed by atoms with Gasteiger partial charge in [-0.2, -0.15) is 5.26 Å². The van der Waals surface area contributed by atoms with Gasteiger partial charge in [0.05, 0.1) is 0 Å². The van der Waals surface area contributed by atoms with Crippen molar-refractivity contribution < 1.29 is 4.43 Å². The van der Waals surface area contributed by atoms with E-state index in [4.69, 9.17) is 4.43 Å². The maximum atomic E-state index is 9.64. The number of nitriles is 1. The van der Waals surface area contributed by atoms with Gasteiger partial charge in [0.2, 0.25) is 0 Å². The van der Waals surface area contributed by atoms with E-state index in [2.05, 4.69) is 32.6 Å². The van der Waals surface area contributed by atoms with Crippen molar-refractivity contribution in [3.8, 4) is 6.07 Å². The Labute approximate surface area is 124 Å². The zero-order valence-electron chi connectivity index (χ0n) is 13.0. The second kappa shape index (κ2) is 7.42. The first-order valence-corrected chi connectivity index (χ1v) is 10.7.